The molecule has 2 rings (SSSR count). The van der Waals surface area contributed by atoms with Gasteiger partial charge in [0.1, 0.15) is 18.0 Å². The Balaban J connectivity index is 2.14. The highest BCUT2D eigenvalue weighted by Crippen LogP contribution is 2.23. The molecule has 1 heterocycles. The normalized spacial score (nSPS) is 10.3. The van der Waals surface area contributed by atoms with Gasteiger partial charge in [0.2, 0.25) is 0 Å². The molecule has 4 nitrogen and oxygen atoms in total. The maximum absolute atomic E-state index is 4.21. The van der Waals surface area contributed by atoms with E-state index in [0.717, 1.165) is 39.7 Å². The summed E-state index contributed by atoms with van der Waals surface area (Å²) in [6.45, 7) is 2.82. The zero-order chi connectivity index (χ0) is 13.7. The van der Waals surface area contributed by atoms with Gasteiger partial charge in [-0.3, -0.25) is 0 Å². The van der Waals surface area contributed by atoms with E-state index in [-0.39, 0.29) is 0 Å². The number of hydrogen-bond acceptors (Lipinski definition) is 5. The first kappa shape index (κ1) is 14.1. The molecule has 1 aromatic heterocycles. The molecule has 1 aromatic carbocycles. The zero-order valence-electron chi connectivity index (χ0n) is 10.5. The van der Waals surface area contributed by atoms with E-state index >= 15 is 0 Å². The number of thiol groups is 1. The van der Waals surface area contributed by atoms with E-state index in [0.29, 0.717) is 0 Å². The molecule has 0 saturated carbocycles. The van der Waals surface area contributed by atoms with Crippen LogP contribution in [0, 0.1) is 6.92 Å². The maximum Gasteiger partial charge on any atom is 0.135 e. The minimum absolute atomic E-state index is 0.762. The summed E-state index contributed by atoms with van der Waals surface area (Å²) in [7, 11) is 0. The van der Waals surface area contributed by atoms with Crippen molar-refractivity contribution in [2.24, 2.45) is 0 Å². The van der Waals surface area contributed by atoms with E-state index in [4.69, 9.17) is 0 Å². The van der Waals surface area contributed by atoms with Crippen molar-refractivity contribution < 1.29 is 0 Å². The minimum Gasteiger partial charge on any atom is -0.369 e. The third kappa shape index (κ3) is 4.11. The summed E-state index contributed by atoms with van der Waals surface area (Å²) in [5.41, 5.74) is 2.18. The Hall–Kier alpha value is -1.27. The first-order valence-corrected chi connectivity index (χ1v) is 7.31. The summed E-state index contributed by atoms with van der Waals surface area (Å²) in [5.74, 6) is 2.32. The van der Waals surface area contributed by atoms with Crippen LogP contribution in [0.25, 0.3) is 0 Å². The van der Waals surface area contributed by atoms with E-state index in [1.54, 1.807) is 0 Å². The van der Waals surface area contributed by atoms with Gasteiger partial charge < -0.3 is 10.6 Å². The SMILES string of the molecule is Cc1cc(Br)ccc1Nc1cc(NCCS)ncn1. The molecule has 0 unspecified atom stereocenters. The van der Waals surface area contributed by atoms with E-state index in [1.165, 1.54) is 6.33 Å². The standard InChI is InChI=1S/C13H15BrN4S/c1-9-6-10(14)2-3-11(9)18-13-7-12(15-4-5-19)16-8-17-13/h2-3,6-8,19H,4-5H2,1H3,(H2,15,16,17,18). The lowest BCUT2D eigenvalue weighted by atomic mass is 10.2. The summed E-state index contributed by atoms with van der Waals surface area (Å²) < 4.78 is 1.06. The molecule has 0 spiro atoms. The summed E-state index contributed by atoms with van der Waals surface area (Å²) in [6, 6.07) is 7.95. The molecule has 0 saturated heterocycles. The van der Waals surface area contributed by atoms with Gasteiger partial charge in [-0.2, -0.15) is 12.6 Å². The highest BCUT2D eigenvalue weighted by Gasteiger charge is 2.02. The topological polar surface area (TPSA) is 49.8 Å². The van der Waals surface area contributed by atoms with Gasteiger partial charge in [-0.1, -0.05) is 15.9 Å². The quantitative estimate of drug-likeness (QED) is 0.728. The lowest BCUT2D eigenvalue weighted by molar-refractivity contribution is 1.12. The second-order valence-electron chi connectivity index (χ2n) is 4.02. The smallest absolute Gasteiger partial charge is 0.135 e. The maximum atomic E-state index is 4.21. The second kappa shape index (κ2) is 6.77. The molecule has 100 valence electrons. The van der Waals surface area contributed by atoms with Crippen LogP contribution in [0.15, 0.2) is 35.1 Å². The molecule has 0 atom stereocenters. The van der Waals surface area contributed by atoms with Crippen molar-refractivity contribution in [3.05, 3.63) is 40.6 Å². The third-order valence-corrected chi connectivity index (χ3v) is 3.25. The Bertz CT molecular complexity index is 562. The predicted octanol–water partition coefficient (Wildman–Crippen LogP) is 3.63. The van der Waals surface area contributed by atoms with Crippen molar-refractivity contribution in [2.75, 3.05) is 22.9 Å². The van der Waals surface area contributed by atoms with Crippen LogP contribution in [0.4, 0.5) is 17.3 Å². The number of aryl methyl sites for hydroxylation is 1. The minimum atomic E-state index is 0.762. The van der Waals surface area contributed by atoms with Gasteiger partial charge in [0.15, 0.2) is 0 Å². The number of aromatic nitrogens is 2. The molecule has 0 bridgehead atoms. The molecule has 19 heavy (non-hydrogen) atoms. The van der Waals surface area contributed by atoms with Gasteiger partial charge in [-0.15, -0.1) is 0 Å². The summed E-state index contributed by atoms with van der Waals surface area (Å²) in [4.78, 5) is 8.36. The average Bonchev–Trinajstić information content (AvgIpc) is 2.40. The van der Waals surface area contributed by atoms with Crippen LogP contribution in [0.3, 0.4) is 0 Å². The zero-order valence-corrected chi connectivity index (χ0v) is 13.0. The second-order valence-corrected chi connectivity index (χ2v) is 5.39. The van der Waals surface area contributed by atoms with E-state index in [9.17, 15) is 0 Å². The van der Waals surface area contributed by atoms with Crippen molar-refractivity contribution in [3.8, 4) is 0 Å². The predicted molar refractivity (Wildman–Crippen MR) is 86.5 cm³/mol. The van der Waals surface area contributed by atoms with Crippen LogP contribution in [-0.4, -0.2) is 22.3 Å². The first-order valence-electron chi connectivity index (χ1n) is 5.89. The average molecular weight is 339 g/mol. The Morgan fingerprint density at radius 2 is 2.00 bits per heavy atom. The van der Waals surface area contributed by atoms with Crippen molar-refractivity contribution in [1.82, 2.24) is 9.97 Å². The number of halogens is 1. The fraction of sp³-hybridized carbons (Fsp3) is 0.231. The van der Waals surface area contributed by atoms with Crippen molar-refractivity contribution >= 4 is 45.9 Å². The molecule has 6 heteroatoms. The molecule has 0 aliphatic rings. The molecule has 0 fully saturated rings. The van der Waals surface area contributed by atoms with E-state index in [1.807, 2.05) is 25.1 Å². The van der Waals surface area contributed by atoms with Gasteiger partial charge >= 0.3 is 0 Å². The van der Waals surface area contributed by atoms with Crippen LogP contribution in [0.5, 0.6) is 0 Å². The molecule has 0 aliphatic heterocycles. The van der Waals surface area contributed by atoms with Crippen molar-refractivity contribution in [3.63, 3.8) is 0 Å². The van der Waals surface area contributed by atoms with Gasteiger partial charge in [-0.05, 0) is 30.7 Å². The Labute approximate surface area is 126 Å². The van der Waals surface area contributed by atoms with Crippen molar-refractivity contribution in [2.45, 2.75) is 6.92 Å². The number of hydrogen-bond donors (Lipinski definition) is 3. The van der Waals surface area contributed by atoms with E-state index in [2.05, 4.69) is 55.2 Å². The van der Waals surface area contributed by atoms with Gasteiger partial charge in [0.05, 0.1) is 0 Å². The van der Waals surface area contributed by atoms with Crippen LogP contribution in [0.2, 0.25) is 0 Å². The fourth-order valence-electron chi connectivity index (χ4n) is 1.61. The van der Waals surface area contributed by atoms with E-state index < -0.39 is 0 Å². The Morgan fingerprint density at radius 3 is 2.74 bits per heavy atom. The van der Waals surface area contributed by atoms with Gasteiger partial charge in [0.25, 0.3) is 0 Å². The van der Waals surface area contributed by atoms with Crippen LogP contribution >= 0.6 is 28.6 Å². The highest BCUT2D eigenvalue weighted by molar-refractivity contribution is 9.10. The number of anilines is 3. The van der Waals surface area contributed by atoms with Gasteiger partial charge in [0, 0.05) is 28.5 Å². The number of nitrogens with one attached hydrogen (secondary N) is 2. The number of nitrogens with zero attached hydrogens (tertiary/aromatic N) is 2. The van der Waals surface area contributed by atoms with Crippen molar-refractivity contribution in [1.29, 1.82) is 0 Å². The number of benzene rings is 1. The molecule has 0 aliphatic carbocycles. The molecule has 2 aromatic rings. The lowest BCUT2D eigenvalue weighted by Gasteiger charge is -2.10. The summed E-state index contributed by atoms with van der Waals surface area (Å²) >= 11 is 7.61. The summed E-state index contributed by atoms with van der Waals surface area (Å²) in [6.07, 6.45) is 1.54. The van der Waals surface area contributed by atoms with Crippen LogP contribution in [-0.2, 0) is 0 Å². The Morgan fingerprint density at radius 1 is 1.21 bits per heavy atom. The molecule has 0 radical (unpaired) electrons. The molecule has 2 N–H and O–H groups in total. The molecular formula is C13H15BrN4S. The number of rotatable bonds is 5. The highest BCUT2D eigenvalue weighted by atomic mass is 79.9. The monoisotopic (exact) mass is 338 g/mol. The molecular weight excluding hydrogens is 324 g/mol. The Kier molecular flexibility index (Phi) is 5.04. The van der Waals surface area contributed by atoms with Crippen LogP contribution < -0.4 is 10.6 Å². The largest absolute Gasteiger partial charge is 0.369 e. The fourth-order valence-corrected chi connectivity index (χ4v) is 2.20. The van der Waals surface area contributed by atoms with Crippen LogP contribution in [0.1, 0.15) is 5.56 Å². The van der Waals surface area contributed by atoms with Gasteiger partial charge in [-0.25, -0.2) is 9.97 Å². The summed E-state index contributed by atoms with van der Waals surface area (Å²) in [5, 5.41) is 6.45. The third-order valence-electron chi connectivity index (χ3n) is 2.54. The first-order chi connectivity index (χ1) is 9.19. The lowest BCUT2D eigenvalue weighted by Crippen LogP contribution is -2.05. The molecule has 0 amide bonds.